The predicted octanol–water partition coefficient (Wildman–Crippen LogP) is 4.43. The summed E-state index contributed by atoms with van der Waals surface area (Å²) < 4.78 is 0. The Morgan fingerprint density at radius 3 is 2.67 bits per heavy atom. The fraction of sp³-hybridized carbons (Fsp3) is 0.308. The number of carbonyl (C=O) groups is 1. The molecule has 0 radical (unpaired) electrons. The molecule has 1 saturated carbocycles. The van der Waals surface area contributed by atoms with Crippen LogP contribution in [0.3, 0.4) is 0 Å². The first-order valence-corrected chi connectivity index (χ1v) is 6.51. The molecule has 1 aliphatic rings. The maximum Gasteiger partial charge on any atom is 0.323 e. The number of amides is 2. The molecule has 18 heavy (non-hydrogen) atoms. The van der Waals surface area contributed by atoms with Crippen molar-refractivity contribution in [3.8, 4) is 0 Å². The number of allylic oxidation sites excluding steroid dienone is 1. The van der Waals surface area contributed by atoms with Gasteiger partial charge in [-0.05, 0) is 43.9 Å². The van der Waals surface area contributed by atoms with Crippen LogP contribution >= 0.6 is 23.2 Å². The quantitative estimate of drug-likeness (QED) is 0.847. The highest BCUT2D eigenvalue weighted by molar-refractivity contribution is 6.42. The van der Waals surface area contributed by atoms with E-state index in [2.05, 4.69) is 10.6 Å². The molecule has 3 nitrogen and oxygen atoms in total. The van der Waals surface area contributed by atoms with Crippen molar-refractivity contribution in [2.45, 2.75) is 19.8 Å². The van der Waals surface area contributed by atoms with Crippen LogP contribution < -0.4 is 10.6 Å². The largest absolute Gasteiger partial charge is 0.323 e. The Morgan fingerprint density at radius 2 is 2.06 bits per heavy atom. The lowest BCUT2D eigenvalue weighted by molar-refractivity contribution is 0.255. The summed E-state index contributed by atoms with van der Waals surface area (Å²) in [7, 11) is 0. The monoisotopic (exact) mass is 284 g/mol. The first kappa shape index (κ1) is 13.2. The standard InChI is InChI=1S/C13H14Cl2N2O/c1-8(9-2-3-9)7-16-13(18)17-10-4-5-11(14)12(15)6-10/h4-7,9H,2-3H2,1H3,(H2,16,17,18)/b8-7+. The molecule has 0 aromatic heterocycles. The van der Waals surface area contributed by atoms with Crippen molar-refractivity contribution in [1.82, 2.24) is 5.32 Å². The Kier molecular flexibility index (Phi) is 4.15. The highest BCUT2D eigenvalue weighted by atomic mass is 35.5. The van der Waals surface area contributed by atoms with Gasteiger partial charge in [-0.25, -0.2) is 4.79 Å². The van der Waals surface area contributed by atoms with Gasteiger partial charge in [-0.15, -0.1) is 0 Å². The number of carbonyl (C=O) groups excluding carboxylic acids is 1. The van der Waals surface area contributed by atoms with E-state index >= 15 is 0 Å². The summed E-state index contributed by atoms with van der Waals surface area (Å²) in [6.45, 7) is 2.02. The smallest absolute Gasteiger partial charge is 0.314 e. The maximum absolute atomic E-state index is 11.6. The van der Waals surface area contributed by atoms with Crippen molar-refractivity contribution in [3.63, 3.8) is 0 Å². The third-order valence-electron chi connectivity index (χ3n) is 2.83. The van der Waals surface area contributed by atoms with Gasteiger partial charge in [-0.3, -0.25) is 0 Å². The summed E-state index contributed by atoms with van der Waals surface area (Å²) >= 11 is 11.7. The lowest BCUT2D eigenvalue weighted by Gasteiger charge is -2.06. The summed E-state index contributed by atoms with van der Waals surface area (Å²) in [6.07, 6.45) is 4.20. The number of hydrogen-bond donors (Lipinski definition) is 2. The fourth-order valence-corrected chi connectivity index (χ4v) is 1.88. The second-order valence-electron chi connectivity index (χ2n) is 4.39. The van der Waals surface area contributed by atoms with Crippen molar-refractivity contribution < 1.29 is 4.79 Å². The van der Waals surface area contributed by atoms with Gasteiger partial charge in [0, 0.05) is 11.9 Å². The second kappa shape index (κ2) is 5.63. The molecule has 1 fully saturated rings. The molecule has 1 aromatic rings. The van der Waals surface area contributed by atoms with Crippen LogP contribution in [-0.2, 0) is 0 Å². The lowest BCUT2D eigenvalue weighted by atomic mass is 10.2. The van der Waals surface area contributed by atoms with E-state index in [4.69, 9.17) is 23.2 Å². The third kappa shape index (κ3) is 3.65. The van der Waals surface area contributed by atoms with Gasteiger partial charge < -0.3 is 10.6 Å². The van der Waals surface area contributed by atoms with E-state index in [9.17, 15) is 4.79 Å². The molecule has 0 aliphatic heterocycles. The van der Waals surface area contributed by atoms with Gasteiger partial charge in [-0.1, -0.05) is 28.8 Å². The summed E-state index contributed by atoms with van der Waals surface area (Å²) in [4.78, 5) is 11.6. The molecule has 1 aliphatic carbocycles. The SMILES string of the molecule is C/C(=C\NC(=O)Nc1ccc(Cl)c(Cl)c1)C1CC1. The summed E-state index contributed by atoms with van der Waals surface area (Å²) in [5.74, 6) is 0.648. The van der Waals surface area contributed by atoms with Crippen molar-refractivity contribution in [3.05, 3.63) is 40.0 Å². The minimum atomic E-state index is -0.284. The molecule has 0 saturated heterocycles. The fourth-order valence-electron chi connectivity index (χ4n) is 1.58. The molecule has 0 bridgehead atoms. The molecular formula is C13H14Cl2N2O. The number of halogens is 2. The second-order valence-corrected chi connectivity index (χ2v) is 5.20. The summed E-state index contributed by atoms with van der Waals surface area (Å²) in [6, 6.07) is 4.67. The van der Waals surface area contributed by atoms with Crippen molar-refractivity contribution in [2.24, 2.45) is 5.92 Å². The molecular weight excluding hydrogens is 271 g/mol. The van der Waals surface area contributed by atoms with E-state index in [-0.39, 0.29) is 6.03 Å². The van der Waals surface area contributed by atoms with E-state index < -0.39 is 0 Å². The number of anilines is 1. The first-order chi connectivity index (χ1) is 8.56. The summed E-state index contributed by atoms with van der Waals surface area (Å²) in [5, 5.41) is 6.27. The number of nitrogens with one attached hydrogen (secondary N) is 2. The van der Waals surface area contributed by atoms with E-state index in [0.717, 1.165) is 0 Å². The van der Waals surface area contributed by atoms with Gasteiger partial charge in [0.05, 0.1) is 10.0 Å². The third-order valence-corrected chi connectivity index (χ3v) is 3.57. The lowest BCUT2D eigenvalue weighted by Crippen LogP contribution is -2.24. The zero-order valence-corrected chi connectivity index (χ0v) is 11.5. The van der Waals surface area contributed by atoms with E-state index in [1.54, 1.807) is 24.4 Å². The Bertz CT molecular complexity index is 496. The number of urea groups is 1. The van der Waals surface area contributed by atoms with Gasteiger partial charge in [-0.2, -0.15) is 0 Å². The topological polar surface area (TPSA) is 41.1 Å². The first-order valence-electron chi connectivity index (χ1n) is 5.75. The van der Waals surface area contributed by atoms with Gasteiger partial charge in [0.25, 0.3) is 0 Å². The van der Waals surface area contributed by atoms with Crippen LogP contribution in [0.1, 0.15) is 19.8 Å². The highest BCUT2D eigenvalue weighted by Gasteiger charge is 2.22. The summed E-state index contributed by atoms with van der Waals surface area (Å²) in [5.41, 5.74) is 1.82. The molecule has 2 rings (SSSR count). The number of benzene rings is 1. The number of hydrogen-bond acceptors (Lipinski definition) is 1. The number of rotatable bonds is 3. The van der Waals surface area contributed by atoms with Crippen LogP contribution in [-0.4, -0.2) is 6.03 Å². The normalized spacial score (nSPS) is 15.4. The minimum Gasteiger partial charge on any atom is -0.314 e. The van der Waals surface area contributed by atoms with Crippen LogP contribution in [0.4, 0.5) is 10.5 Å². The Labute approximate surface area is 116 Å². The maximum atomic E-state index is 11.6. The molecule has 0 atom stereocenters. The zero-order valence-electron chi connectivity index (χ0n) is 9.97. The molecule has 0 heterocycles. The Morgan fingerprint density at radius 1 is 1.33 bits per heavy atom. The van der Waals surface area contributed by atoms with Crippen molar-refractivity contribution in [1.29, 1.82) is 0 Å². The van der Waals surface area contributed by atoms with Crippen LogP contribution in [0.5, 0.6) is 0 Å². The van der Waals surface area contributed by atoms with Crippen LogP contribution in [0, 0.1) is 5.92 Å². The van der Waals surface area contributed by atoms with E-state index in [1.165, 1.54) is 18.4 Å². The van der Waals surface area contributed by atoms with Crippen molar-refractivity contribution >= 4 is 34.9 Å². The van der Waals surface area contributed by atoms with E-state index in [0.29, 0.717) is 21.7 Å². The van der Waals surface area contributed by atoms with Gasteiger partial charge in [0.15, 0.2) is 0 Å². The molecule has 0 spiro atoms. The molecule has 5 heteroatoms. The average Bonchev–Trinajstić information content (AvgIpc) is 3.15. The average molecular weight is 285 g/mol. The molecule has 0 unspecified atom stereocenters. The van der Waals surface area contributed by atoms with Crippen molar-refractivity contribution in [2.75, 3.05) is 5.32 Å². The highest BCUT2D eigenvalue weighted by Crippen LogP contribution is 2.35. The Balaban J connectivity index is 1.90. The Hall–Kier alpha value is -1.19. The molecule has 96 valence electrons. The predicted molar refractivity (Wildman–Crippen MR) is 75.1 cm³/mol. The van der Waals surface area contributed by atoms with Crippen LogP contribution in [0.2, 0.25) is 10.0 Å². The van der Waals surface area contributed by atoms with Crippen LogP contribution in [0.15, 0.2) is 30.0 Å². The van der Waals surface area contributed by atoms with Gasteiger partial charge >= 0.3 is 6.03 Å². The van der Waals surface area contributed by atoms with E-state index in [1.807, 2.05) is 6.92 Å². The minimum absolute atomic E-state index is 0.284. The molecule has 1 aromatic carbocycles. The van der Waals surface area contributed by atoms with Crippen LogP contribution in [0.25, 0.3) is 0 Å². The van der Waals surface area contributed by atoms with Gasteiger partial charge in [0.2, 0.25) is 0 Å². The molecule has 2 N–H and O–H groups in total. The molecule has 2 amide bonds. The van der Waals surface area contributed by atoms with Gasteiger partial charge in [0.1, 0.15) is 0 Å². The zero-order chi connectivity index (χ0) is 13.1.